The lowest BCUT2D eigenvalue weighted by atomic mass is 10.2. The Bertz CT molecular complexity index is 485. The van der Waals surface area contributed by atoms with Gasteiger partial charge in [0.05, 0.1) is 6.61 Å². The lowest BCUT2D eigenvalue weighted by Gasteiger charge is -2.32. The standard InChI is InChI=1S/C15H22F3N3O/c1-12-10-13(15(16,17)18)14(19-11-12)22-9-3-4-21-7-5-20(2)6-8-21/h10-11H,3-9H2,1-2H3. The van der Waals surface area contributed by atoms with Crippen LogP contribution in [0.3, 0.4) is 0 Å². The van der Waals surface area contributed by atoms with E-state index in [1.807, 2.05) is 0 Å². The molecule has 1 aliphatic heterocycles. The van der Waals surface area contributed by atoms with Gasteiger partial charge in [0, 0.05) is 38.9 Å². The molecule has 0 saturated carbocycles. The summed E-state index contributed by atoms with van der Waals surface area (Å²) >= 11 is 0. The SMILES string of the molecule is Cc1cnc(OCCCN2CCN(C)CC2)c(C(F)(F)F)c1. The van der Waals surface area contributed by atoms with Crippen LogP contribution in [0.2, 0.25) is 0 Å². The highest BCUT2D eigenvalue weighted by Crippen LogP contribution is 2.35. The summed E-state index contributed by atoms with van der Waals surface area (Å²) in [6.07, 6.45) is -2.35. The summed E-state index contributed by atoms with van der Waals surface area (Å²) in [4.78, 5) is 8.34. The first-order valence-corrected chi connectivity index (χ1v) is 7.44. The summed E-state index contributed by atoms with van der Waals surface area (Å²) in [5.41, 5.74) is -0.329. The molecule has 0 spiro atoms. The van der Waals surface area contributed by atoms with Crippen molar-refractivity contribution < 1.29 is 17.9 Å². The van der Waals surface area contributed by atoms with Crippen LogP contribution in [-0.4, -0.2) is 61.2 Å². The van der Waals surface area contributed by atoms with Gasteiger partial charge in [0.2, 0.25) is 5.88 Å². The van der Waals surface area contributed by atoms with Crippen molar-refractivity contribution in [2.24, 2.45) is 0 Å². The van der Waals surface area contributed by atoms with Gasteiger partial charge in [-0.05, 0) is 32.0 Å². The van der Waals surface area contributed by atoms with Crippen molar-refractivity contribution in [2.45, 2.75) is 19.5 Å². The summed E-state index contributed by atoms with van der Waals surface area (Å²) in [7, 11) is 2.09. The fourth-order valence-electron chi connectivity index (χ4n) is 2.40. The second kappa shape index (κ2) is 7.28. The number of nitrogens with zero attached hydrogens (tertiary/aromatic N) is 3. The molecule has 0 bridgehead atoms. The van der Waals surface area contributed by atoms with E-state index in [0.29, 0.717) is 12.0 Å². The third kappa shape index (κ3) is 4.84. The van der Waals surface area contributed by atoms with Crippen LogP contribution in [0.5, 0.6) is 5.88 Å². The number of alkyl halides is 3. The number of hydrogen-bond donors (Lipinski definition) is 0. The number of piperazine rings is 1. The highest BCUT2D eigenvalue weighted by molar-refractivity contribution is 5.31. The molecule has 22 heavy (non-hydrogen) atoms. The van der Waals surface area contributed by atoms with Crippen molar-refractivity contribution in [3.05, 3.63) is 23.4 Å². The molecule has 7 heteroatoms. The normalized spacial score (nSPS) is 17.7. The minimum Gasteiger partial charge on any atom is -0.477 e. The van der Waals surface area contributed by atoms with Crippen molar-refractivity contribution >= 4 is 0 Å². The number of hydrogen-bond acceptors (Lipinski definition) is 4. The van der Waals surface area contributed by atoms with Gasteiger partial charge in [-0.1, -0.05) is 0 Å². The average molecular weight is 317 g/mol. The maximum Gasteiger partial charge on any atom is 0.421 e. The smallest absolute Gasteiger partial charge is 0.421 e. The Labute approximate surface area is 128 Å². The van der Waals surface area contributed by atoms with Gasteiger partial charge in [-0.25, -0.2) is 4.98 Å². The molecule has 0 aromatic carbocycles. The van der Waals surface area contributed by atoms with Gasteiger partial charge in [0.1, 0.15) is 5.56 Å². The van der Waals surface area contributed by atoms with Crippen LogP contribution in [0.1, 0.15) is 17.5 Å². The molecule has 0 atom stereocenters. The monoisotopic (exact) mass is 317 g/mol. The molecule has 1 aromatic rings. The van der Waals surface area contributed by atoms with Gasteiger partial charge < -0.3 is 14.5 Å². The van der Waals surface area contributed by atoms with Gasteiger partial charge in [-0.3, -0.25) is 0 Å². The van der Waals surface area contributed by atoms with E-state index >= 15 is 0 Å². The quantitative estimate of drug-likeness (QED) is 0.780. The highest BCUT2D eigenvalue weighted by atomic mass is 19.4. The molecule has 4 nitrogen and oxygen atoms in total. The van der Waals surface area contributed by atoms with E-state index in [1.165, 1.54) is 6.20 Å². The first kappa shape index (κ1) is 17.0. The average Bonchev–Trinajstić information content (AvgIpc) is 2.45. The highest BCUT2D eigenvalue weighted by Gasteiger charge is 2.35. The Morgan fingerprint density at radius 2 is 1.91 bits per heavy atom. The molecule has 0 radical (unpaired) electrons. The number of likely N-dealkylation sites (N-methyl/N-ethyl adjacent to an activating group) is 1. The minimum absolute atomic E-state index is 0.242. The van der Waals surface area contributed by atoms with E-state index in [0.717, 1.165) is 38.8 Å². The molecule has 0 N–H and O–H groups in total. The molecule has 1 fully saturated rings. The largest absolute Gasteiger partial charge is 0.477 e. The van der Waals surface area contributed by atoms with Crippen LogP contribution < -0.4 is 4.74 Å². The van der Waals surface area contributed by atoms with Crippen molar-refractivity contribution in [1.82, 2.24) is 14.8 Å². The first-order chi connectivity index (χ1) is 10.4. The lowest BCUT2D eigenvalue weighted by molar-refractivity contribution is -0.139. The Morgan fingerprint density at radius 1 is 1.23 bits per heavy atom. The summed E-state index contributed by atoms with van der Waals surface area (Å²) in [6.45, 7) is 6.70. The van der Waals surface area contributed by atoms with Crippen LogP contribution in [0.25, 0.3) is 0 Å². The summed E-state index contributed by atoms with van der Waals surface area (Å²) in [5.74, 6) is -0.323. The summed E-state index contributed by atoms with van der Waals surface area (Å²) < 4.78 is 44.1. The molecular weight excluding hydrogens is 295 g/mol. The fourth-order valence-corrected chi connectivity index (χ4v) is 2.40. The topological polar surface area (TPSA) is 28.6 Å². The van der Waals surface area contributed by atoms with Crippen LogP contribution in [-0.2, 0) is 6.18 Å². The molecular formula is C15H22F3N3O. The number of rotatable bonds is 5. The Kier molecular flexibility index (Phi) is 5.63. The number of ether oxygens (including phenoxy) is 1. The minimum atomic E-state index is -4.44. The Hall–Kier alpha value is -1.34. The Morgan fingerprint density at radius 3 is 2.55 bits per heavy atom. The maximum atomic E-state index is 12.9. The van der Waals surface area contributed by atoms with E-state index in [2.05, 4.69) is 21.8 Å². The molecule has 2 heterocycles. The first-order valence-electron chi connectivity index (χ1n) is 7.44. The molecule has 0 amide bonds. The van der Waals surface area contributed by atoms with Gasteiger partial charge in [0.15, 0.2) is 0 Å². The van der Waals surface area contributed by atoms with E-state index in [-0.39, 0.29) is 12.5 Å². The second-order valence-corrected chi connectivity index (χ2v) is 5.71. The maximum absolute atomic E-state index is 12.9. The van der Waals surface area contributed by atoms with Crippen molar-refractivity contribution in [3.63, 3.8) is 0 Å². The molecule has 1 aliphatic rings. The molecule has 1 aromatic heterocycles. The third-order valence-corrected chi connectivity index (χ3v) is 3.75. The number of aromatic nitrogens is 1. The van der Waals surface area contributed by atoms with Gasteiger partial charge in [-0.2, -0.15) is 13.2 Å². The third-order valence-electron chi connectivity index (χ3n) is 3.75. The van der Waals surface area contributed by atoms with E-state index in [4.69, 9.17) is 4.74 Å². The van der Waals surface area contributed by atoms with E-state index in [9.17, 15) is 13.2 Å². The van der Waals surface area contributed by atoms with E-state index < -0.39 is 11.7 Å². The predicted molar refractivity (Wildman–Crippen MR) is 78.0 cm³/mol. The fraction of sp³-hybridized carbons (Fsp3) is 0.667. The van der Waals surface area contributed by atoms with Gasteiger partial charge >= 0.3 is 6.18 Å². The zero-order chi connectivity index (χ0) is 16.2. The number of pyridine rings is 1. The van der Waals surface area contributed by atoms with Gasteiger partial charge in [-0.15, -0.1) is 0 Å². The molecule has 2 rings (SSSR count). The van der Waals surface area contributed by atoms with Crippen molar-refractivity contribution in [3.8, 4) is 5.88 Å². The molecule has 124 valence electrons. The zero-order valence-corrected chi connectivity index (χ0v) is 13.0. The zero-order valence-electron chi connectivity index (χ0n) is 13.0. The van der Waals surface area contributed by atoms with Crippen LogP contribution in [0.4, 0.5) is 13.2 Å². The molecule has 0 aliphatic carbocycles. The van der Waals surface area contributed by atoms with Crippen molar-refractivity contribution in [2.75, 3.05) is 46.4 Å². The molecule has 0 unspecified atom stereocenters. The number of aryl methyl sites for hydroxylation is 1. The second-order valence-electron chi connectivity index (χ2n) is 5.71. The Balaban J connectivity index is 1.82. The van der Waals surface area contributed by atoms with Gasteiger partial charge in [0.25, 0.3) is 0 Å². The summed E-state index contributed by atoms with van der Waals surface area (Å²) in [5, 5.41) is 0. The molecule has 1 saturated heterocycles. The predicted octanol–water partition coefficient (Wildman–Crippen LogP) is 2.43. The summed E-state index contributed by atoms with van der Waals surface area (Å²) in [6, 6.07) is 1.07. The van der Waals surface area contributed by atoms with Crippen LogP contribution >= 0.6 is 0 Å². The lowest BCUT2D eigenvalue weighted by Crippen LogP contribution is -2.44. The van der Waals surface area contributed by atoms with Crippen LogP contribution in [0, 0.1) is 6.92 Å². The van der Waals surface area contributed by atoms with Crippen molar-refractivity contribution in [1.29, 1.82) is 0 Å². The number of halogens is 3. The van der Waals surface area contributed by atoms with Crippen LogP contribution in [0.15, 0.2) is 12.3 Å². The van der Waals surface area contributed by atoms with E-state index in [1.54, 1.807) is 6.92 Å².